The molecule has 1 heterocycles. The minimum absolute atomic E-state index is 0.00318. The van der Waals surface area contributed by atoms with Gasteiger partial charge in [0.05, 0.1) is 10.4 Å². The highest BCUT2D eigenvalue weighted by Gasteiger charge is 2.17. The van der Waals surface area contributed by atoms with Crippen molar-refractivity contribution in [1.29, 1.82) is 0 Å². The summed E-state index contributed by atoms with van der Waals surface area (Å²) < 4.78 is 26.4. The Morgan fingerprint density at radius 1 is 1.00 bits per heavy atom. The van der Waals surface area contributed by atoms with Crippen LogP contribution in [-0.4, -0.2) is 19.4 Å². The number of carbonyl (C=O) groups is 1. The van der Waals surface area contributed by atoms with Crippen molar-refractivity contribution < 1.29 is 13.2 Å². The first-order valence-electron chi connectivity index (χ1n) is 7.79. The van der Waals surface area contributed by atoms with E-state index in [0.29, 0.717) is 16.8 Å². The van der Waals surface area contributed by atoms with E-state index in [-0.39, 0.29) is 10.5 Å². The summed E-state index contributed by atoms with van der Waals surface area (Å²) >= 11 is 0. The summed E-state index contributed by atoms with van der Waals surface area (Å²) in [5.74, 6) is 0. The molecule has 3 N–H and O–H groups in total. The van der Waals surface area contributed by atoms with Crippen LogP contribution in [0.25, 0.3) is 10.9 Å². The van der Waals surface area contributed by atoms with E-state index in [1.54, 1.807) is 43.3 Å². The van der Waals surface area contributed by atoms with E-state index in [1.807, 2.05) is 11.6 Å². The fourth-order valence-electron chi connectivity index (χ4n) is 2.44. The van der Waals surface area contributed by atoms with Crippen LogP contribution >= 0.6 is 0 Å². The molecule has 7 nitrogen and oxygen atoms in total. The second-order valence-electron chi connectivity index (χ2n) is 5.96. The van der Waals surface area contributed by atoms with Crippen LogP contribution in [0.15, 0.2) is 58.2 Å². The van der Waals surface area contributed by atoms with Gasteiger partial charge in [-0.25, -0.2) is 17.9 Å². The average Bonchev–Trinajstić information content (AvgIpc) is 2.56. The van der Waals surface area contributed by atoms with Crippen molar-refractivity contribution in [2.24, 2.45) is 0 Å². The zero-order valence-corrected chi connectivity index (χ0v) is 15.0. The molecule has 26 heavy (non-hydrogen) atoms. The molecule has 1 aromatic heterocycles. The maximum Gasteiger partial charge on any atom is 0.333 e. The summed E-state index contributed by atoms with van der Waals surface area (Å²) in [6.45, 7) is 3.54. The summed E-state index contributed by atoms with van der Waals surface area (Å²) in [5, 5.41) is 3.26. The molecule has 3 aromatic rings. The molecular formula is C18H17N3O4S. The van der Waals surface area contributed by atoms with Gasteiger partial charge in [0.15, 0.2) is 0 Å². The topological polar surface area (TPSA) is 108 Å². The second-order valence-corrected chi connectivity index (χ2v) is 7.64. The van der Waals surface area contributed by atoms with Gasteiger partial charge in [0.2, 0.25) is 0 Å². The van der Waals surface area contributed by atoms with Crippen LogP contribution in [0.2, 0.25) is 0 Å². The molecule has 0 fully saturated rings. The van der Waals surface area contributed by atoms with Gasteiger partial charge in [-0.05, 0) is 49.6 Å². The number of rotatable bonds is 3. The number of benzene rings is 2. The highest BCUT2D eigenvalue weighted by atomic mass is 32.2. The number of aromatic nitrogens is 1. The van der Waals surface area contributed by atoms with Gasteiger partial charge >= 0.3 is 6.03 Å². The molecule has 3 rings (SSSR count). The largest absolute Gasteiger partial charge is 0.333 e. The van der Waals surface area contributed by atoms with E-state index >= 15 is 0 Å². The molecule has 0 spiro atoms. The number of pyridine rings is 1. The number of sulfonamides is 1. The van der Waals surface area contributed by atoms with Crippen molar-refractivity contribution in [1.82, 2.24) is 9.71 Å². The zero-order valence-electron chi connectivity index (χ0n) is 14.2. The SMILES string of the molecule is Cc1ccc(S(=O)(=O)NC(=O)Nc2ccc3cc(C)c(=O)[nH]c3c2)cc1. The monoisotopic (exact) mass is 371 g/mol. The molecule has 0 bridgehead atoms. The van der Waals surface area contributed by atoms with Gasteiger partial charge in [-0.15, -0.1) is 0 Å². The van der Waals surface area contributed by atoms with Crippen molar-refractivity contribution >= 4 is 32.6 Å². The van der Waals surface area contributed by atoms with E-state index in [9.17, 15) is 18.0 Å². The number of hydrogen-bond donors (Lipinski definition) is 3. The maximum atomic E-state index is 12.2. The molecule has 0 saturated carbocycles. The van der Waals surface area contributed by atoms with Crippen molar-refractivity contribution in [3.05, 3.63) is 70.0 Å². The van der Waals surface area contributed by atoms with Crippen LogP contribution in [0.5, 0.6) is 0 Å². The van der Waals surface area contributed by atoms with Crippen LogP contribution in [0.4, 0.5) is 10.5 Å². The number of H-pyrrole nitrogens is 1. The Labute approximate surface area is 150 Å². The van der Waals surface area contributed by atoms with Gasteiger partial charge in [0.1, 0.15) is 0 Å². The molecule has 0 aliphatic rings. The Bertz CT molecular complexity index is 1150. The number of urea groups is 1. The van der Waals surface area contributed by atoms with Gasteiger partial charge in [-0.2, -0.15) is 0 Å². The number of amides is 2. The number of aryl methyl sites for hydroxylation is 2. The Morgan fingerprint density at radius 2 is 1.69 bits per heavy atom. The molecule has 0 aliphatic carbocycles. The molecule has 0 aliphatic heterocycles. The van der Waals surface area contributed by atoms with Crippen LogP contribution in [0.3, 0.4) is 0 Å². The van der Waals surface area contributed by atoms with Gasteiger partial charge in [0, 0.05) is 11.3 Å². The van der Waals surface area contributed by atoms with Crippen molar-refractivity contribution in [2.75, 3.05) is 5.32 Å². The van der Waals surface area contributed by atoms with Crippen molar-refractivity contribution in [3.63, 3.8) is 0 Å². The molecule has 0 unspecified atom stereocenters. The molecular weight excluding hydrogens is 354 g/mol. The summed E-state index contributed by atoms with van der Waals surface area (Å²) in [4.78, 5) is 26.5. The lowest BCUT2D eigenvalue weighted by Crippen LogP contribution is -2.34. The van der Waals surface area contributed by atoms with Crippen LogP contribution in [0.1, 0.15) is 11.1 Å². The Morgan fingerprint density at radius 3 is 2.38 bits per heavy atom. The molecule has 0 radical (unpaired) electrons. The fraction of sp³-hybridized carbons (Fsp3) is 0.111. The number of hydrogen-bond acceptors (Lipinski definition) is 4. The van der Waals surface area contributed by atoms with E-state index in [1.165, 1.54) is 12.1 Å². The van der Waals surface area contributed by atoms with Crippen molar-refractivity contribution in [2.45, 2.75) is 18.7 Å². The van der Waals surface area contributed by atoms with Gasteiger partial charge < -0.3 is 10.3 Å². The first-order valence-corrected chi connectivity index (χ1v) is 9.27. The van der Waals surface area contributed by atoms with Crippen LogP contribution < -0.4 is 15.6 Å². The summed E-state index contributed by atoms with van der Waals surface area (Å²) in [6.07, 6.45) is 0. The van der Waals surface area contributed by atoms with Crippen LogP contribution in [0, 0.1) is 13.8 Å². The molecule has 8 heteroatoms. The predicted octanol–water partition coefficient (Wildman–Crippen LogP) is 2.66. The molecule has 0 atom stereocenters. The molecule has 2 amide bonds. The van der Waals surface area contributed by atoms with Crippen molar-refractivity contribution in [3.8, 4) is 0 Å². The lowest BCUT2D eigenvalue weighted by molar-refractivity contribution is 0.256. The van der Waals surface area contributed by atoms with E-state index < -0.39 is 16.1 Å². The fourth-order valence-corrected chi connectivity index (χ4v) is 3.35. The molecule has 134 valence electrons. The quantitative estimate of drug-likeness (QED) is 0.658. The number of anilines is 1. The molecule has 2 aromatic carbocycles. The highest BCUT2D eigenvalue weighted by Crippen LogP contribution is 2.17. The number of aromatic amines is 1. The minimum atomic E-state index is -3.97. The third-order valence-electron chi connectivity index (χ3n) is 3.85. The van der Waals surface area contributed by atoms with E-state index in [4.69, 9.17) is 0 Å². The third kappa shape index (κ3) is 3.75. The predicted molar refractivity (Wildman–Crippen MR) is 99.8 cm³/mol. The summed E-state index contributed by atoms with van der Waals surface area (Å²) in [5.41, 5.74) is 2.17. The minimum Gasteiger partial charge on any atom is -0.322 e. The summed E-state index contributed by atoms with van der Waals surface area (Å²) in [6, 6.07) is 11.9. The summed E-state index contributed by atoms with van der Waals surface area (Å²) in [7, 11) is -3.97. The first-order chi connectivity index (χ1) is 12.2. The Kier molecular flexibility index (Phi) is 4.52. The lowest BCUT2D eigenvalue weighted by Gasteiger charge is -2.10. The lowest BCUT2D eigenvalue weighted by atomic mass is 10.1. The maximum absolute atomic E-state index is 12.2. The smallest absolute Gasteiger partial charge is 0.322 e. The Balaban J connectivity index is 1.79. The highest BCUT2D eigenvalue weighted by molar-refractivity contribution is 7.90. The Hall–Kier alpha value is -3.13. The van der Waals surface area contributed by atoms with Crippen LogP contribution in [-0.2, 0) is 10.0 Å². The van der Waals surface area contributed by atoms with Gasteiger partial charge in [-0.3, -0.25) is 4.79 Å². The van der Waals surface area contributed by atoms with E-state index in [2.05, 4.69) is 10.3 Å². The average molecular weight is 371 g/mol. The zero-order chi connectivity index (χ0) is 18.9. The number of fused-ring (bicyclic) bond motifs is 1. The van der Waals surface area contributed by atoms with Gasteiger partial charge in [-0.1, -0.05) is 23.8 Å². The number of nitrogens with one attached hydrogen (secondary N) is 3. The number of carbonyl (C=O) groups excluding carboxylic acids is 1. The molecule has 0 saturated heterocycles. The third-order valence-corrected chi connectivity index (χ3v) is 5.19. The second kappa shape index (κ2) is 6.64. The normalized spacial score (nSPS) is 11.3. The van der Waals surface area contributed by atoms with Gasteiger partial charge in [0.25, 0.3) is 15.6 Å². The standard InChI is InChI=1S/C18H17N3O4S/c1-11-3-7-15(8-4-11)26(24,25)21-18(23)19-14-6-5-13-9-12(2)17(22)20-16(13)10-14/h3-10H,1-2H3,(H,20,22)(H2,19,21,23). The van der Waals surface area contributed by atoms with E-state index in [0.717, 1.165) is 10.9 Å². The first kappa shape index (κ1) is 17.7.